The maximum atomic E-state index is 13.1. The highest BCUT2D eigenvalue weighted by atomic mass is 19.4. The van der Waals surface area contributed by atoms with Gasteiger partial charge in [0, 0.05) is 18.7 Å². The Bertz CT molecular complexity index is 1430. The Morgan fingerprint density at radius 2 is 1.86 bits per heavy atom. The van der Waals surface area contributed by atoms with Crippen molar-refractivity contribution in [1.82, 2.24) is 19.7 Å². The normalized spacial score (nSPS) is 16.1. The van der Waals surface area contributed by atoms with E-state index in [1.165, 1.54) is 35.2 Å². The second kappa shape index (κ2) is 8.08. The minimum absolute atomic E-state index is 0.0379. The summed E-state index contributed by atoms with van der Waals surface area (Å²) in [5.74, 6) is -2.58. The van der Waals surface area contributed by atoms with E-state index in [9.17, 15) is 27.6 Å². The van der Waals surface area contributed by atoms with Crippen LogP contribution in [0.5, 0.6) is 5.75 Å². The van der Waals surface area contributed by atoms with Gasteiger partial charge in [0.25, 0.3) is 11.8 Å². The lowest BCUT2D eigenvalue weighted by Crippen LogP contribution is -2.39. The van der Waals surface area contributed by atoms with Crippen molar-refractivity contribution in [3.05, 3.63) is 82.1 Å². The SMILES string of the molecule is NC(=O)c1cccc2c1O/C(=C\c1cccc(C(=O)N3CCn4c(nnc4C(F)(F)F)C3)c1)C2=O. The molecule has 9 nitrogen and oxygen atoms in total. The molecule has 35 heavy (non-hydrogen) atoms. The summed E-state index contributed by atoms with van der Waals surface area (Å²) in [5, 5.41) is 6.80. The summed E-state index contributed by atoms with van der Waals surface area (Å²) in [6, 6.07) is 10.8. The number of para-hydroxylation sites is 1. The Morgan fingerprint density at radius 3 is 2.60 bits per heavy atom. The number of ketones is 1. The molecule has 0 saturated heterocycles. The fraction of sp³-hybridized carbons (Fsp3) is 0.174. The van der Waals surface area contributed by atoms with Gasteiger partial charge in [0.05, 0.1) is 17.7 Å². The van der Waals surface area contributed by atoms with E-state index in [1.54, 1.807) is 18.2 Å². The molecule has 0 atom stereocenters. The lowest BCUT2D eigenvalue weighted by molar-refractivity contribution is -0.147. The van der Waals surface area contributed by atoms with Crippen LogP contribution in [0.3, 0.4) is 0 Å². The fourth-order valence-electron chi connectivity index (χ4n) is 4.04. The fourth-order valence-corrected chi connectivity index (χ4v) is 4.04. The summed E-state index contributed by atoms with van der Waals surface area (Å²) in [7, 11) is 0. The van der Waals surface area contributed by atoms with Crippen molar-refractivity contribution in [2.24, 2.45) is 5.73 Å². The summed E-state index contributed by atoms with van der Waals surface area (Å²) in [6.45, 7) is -0.166. The number of allylic oxidation sites excluding steroid dienone is 1. The van der Waals surface area contributed by atoms with Crippen molar-refractivity contribution >= 4 is 23.7 Å². The number of primary amides is 1. The van der Waals surface area contributed by atoms with Gasteiger partial charge in [0.15, 0.2) is 17.3 Å². The zero-order chi connectivity index (χ0) is 24.9. The molecule has 178 valence electrons. The maximum Gasteiger partial charge on any atom is 0.451 e. The predicted molar refractivity (Wildman–Crippen MR) is 114 cm³/mol. The molecule has 0 radical (unpaired) electrons. The van der Waals surface area contributed by atoms with Gasteiger partial charge >= 0.3 is 6.18 Å². The quantitative estimate of drug-likeness (QED) is 0.572. The van der Waals surface area contributed by atoms with Gasteiger partial charge in [-0.2, -0.15) is 13.2 Å². The lowest BCUT2D eigenvalue weighted by atomic mass is 10.0. The number of benzene rings is 2. The molecule has 3 heterocycles. The van der Waals surface area contributed by atoms with Crippen molar-refractivity contribution in [3.8, 4) is 5.75 Å². The van der Waals surface area contributed by atoms with Crippen molar-refractivity contribution in [3.63, 3.8) is 0 Å². The standard InChI is InChI=1S/C23H16F3N5O4/c24-23(25,26)22-29-28-17-11-30(7-8-31(17)22)21(34)13-4-1-3-12(9-13)10-16-18(32)14-5-2-6-15(20(27)33)19(14)35-16/h1-6,9-10H,7-8,11H2,(H2,27,33)/b16-10-. The van der Waals surface area contributed by atoms with Crippen molar-refractivity contribution in [1.29, 1.82) is 0 Å². The molecule has 3 aromatic rings. The monoisotopic (exact) mass is 483 g/mol. The van der Waals surface area contributed by atoms with Crippen LogP contribution < -0.4 is 10.5 Å². The smallest absolute Gasteiger partial charge is 0.451 e. The number of rotatable bonds is 3. The van der Waals surface area contributed by atoms with Crippen LogP contribution in [0.25, 0.3) is 6.08 Å². The van der Waals surface area contributed by atoms with Crippen LogP contribution in [-0.4, -0.2) is 43.8 Å². The van der Waals surface area contributed by atoms with Gasteiger partial charge in [0.1, 0.15) is 0 Å². The van der Waals surface area contributed by atoms with Crippen LogP contribution in [0.15, 0.2) is 48.2 Å². The second-order valence-electron chi connectivity index (χ2n) is 7.93. The number of amides is 2. The minimum atomic E-state index is -4.63. The number of Topliss-reactive ketones (excluding diaryl/α,β-unsaturated/α-hetero) is 1. The van der Waals surface area contributed by atoms with Gasteiger partial charge in [-0.05, 0) is 35.9 Å². The van der Waals surface area contributed by atoms with Crippen LogP contribution in [0.2, 0.25) is 0 Å². The highest BCUT2D eigenvalue weighted by molar-refractivity contribution is 6.16. The first kappa shape index (κ1) is 22.3. The third kappa shape index (κ3) is 3.92. The highest BCUT2D eigenvalue weighted by Crippen LogP contribution is 2.35. The topological polar surface area (TPSA) is 120 Å². The molecule has 0 spiro atoms. The third-order valence-corrected chi connectivity index (χ3v) is 5.69. The number of nitrogens with two attached hydrogens (primary N) is 1. The molecule has 12 heteroatoms. The summed E-state index contributed by atoms with van der Waals surface area (Å²) >= 11 is 0. The van der Waals surface area contributed by atoms with Gasteiger partial charge in [-0.15, -0.1) is 10.2 Å². The first-order valence-corrected chi connectivity index (χ1v) is 10.4. The molecule has 2 N–H and O–H groups in total. The molecule has 2 aliphatic rings. The minimum Gasteiger partial charge on any atom is -0.452 e. The molecule has 0 bridgehead atoms. The summed E-state index contributed by atoms with van der Waals surface area (Å²) in [5.41, 5.74) is 6.38. The van der Waals surface area contributed by atoms with Crippen LogP contribution in [-0.2, 0) is 19.3 Å². The van der Waals surface area contributed by atoms with Gasteiger partial charge in [-0.3, -0.25) is 14.4 Å². The molecule has 2 amide bonds. The number of hydrogen-bond acceptors (Lipinski definition) is 6. The van der Waals surface area contributed by atoms with E-state index in [0.29, 0.717) is 5.56 Å². The van der Waals surface area contributed by atoms with E-state index in [-0.39, 0.29) is 53.7 Å². The molecule has 2 aromatic carbocycles. The van der Waals surface area contributed by atoms with Crippen molar-refractivity contribution in [2.75, 3.05) is 6.54 Å². The number of hydrogen-bond donors (Lipinski definition) is 1. The van der Waals surface area contributed by atoms with E-state index in [0.717, 1.165) is 4.57 Å². The van der Waals surface area contributed by atoms with Crippen molar-refractivity contribution < 1.29 is 32.3 Å². The molecule has 0 aliphatic carbocycles. The number of halogens is 3. The Hall–Kier alpha value is -4.48. The van der Waals surface area contributed by atoms with Crippen LogP contribution in [0.4, 0.5) is 13.2 Å². The molecule has 0 fully saturated rings. The maximum absolute atomic E-state index is 13.1. The van der Waals surface area contributed by atoms with Gasteiger partial charge in [-0.1, -0.05) is 18.2 Å². The lowest BCUT2D eigenvalue weighted by Gasteiger charge is -2.28. The number of fused-ring (bicyclic) bond motifs is 2. The molecule has 0 saturated carbocycles. The average Bonchev–Trinajstić information content (AvgIpc) is 3.39. The van der Waals surface area contributed by atoms with E-state index >= 15 is 0 Å². The first-order chi connectivity index (χ1) is 16.6. The zero-order valence-corrected chi connectivity index (χ0v) is 17.9. The van der Waals surface area contributed by atoms with E-state index < -0.39 is 29.6 Å². The van der Waals surface area contributed by atoms with Gasteiger partial charge in [-0.25, -0.2) is 0 Å². The number of aromatic nitrogens is 3. The summed E-state index contributed by atoms with van der Waals surface area (Å²) in [6.07, 6.45) is -3.19. The Balaban J connectivity index is 1.37. The van der Waals surface area contributed by atoms with Crippen LogP contribution >= 0.6 is 0 Å². The predicted octanol–water partition coefficient (Wildman–Crippen LogP) is 2.67. The van der Waals surface area contributed by atoms with E-state index in [1.807, 2.05) is 0 Å². The molecule has 5 rings (SSSR count). The van der Waals surface area contributed by atoms with E-state index in [2.05, 4.69) is 10.2 Å². The molecular formula is C23H16F3N5O4. The Labute approximate surface area is 195 Å². The zero-order valence-electron chi connectivity index (χ0n) is 17.9. The molecule has 2 aliphatic heterocycles. The second-order valence-corrected chi connectivity index (χ2v) is 7.93. The third-order valence-electron chi connectivity index (χ3n) is 5.69. The number of carbonyl (C=O) groups is 3. The van der Waals surface area contributed by atoms with Crippen LogP contribution in [0.1, 0.15) is 48.3 Å². The Kier molecular flexibility index (Phi) is 5.15. The highest BCUT2D eigenvalue weighted by Gasteiger charge is 2.40. The summed E-state index contributed by atoms with van der Waals surface area (Å²) < 4.78 is 45.7. The van der Waals surface area contributed by atoms with E-state index in [4.69, 9.17) is 10.5 Å². The first-order valence-electron chi connectivity index (χ1n) is 10.4. The Morgan fingerprint density at radius 1 is 1.09 bits per heavy atom. The number of ether oxygens (including phenoxy) is 1. The molecule has 1 aromatic heterocycles. The molecule has 0 unspecified atom stereocenters. The van der Waals surface area contributed by atoms with Crippen molar-refractivity contribution in [2.45, 2.75) is 19.3 Å². The van der Waals surface area contributed by atoms with Gasteiger partial charge < -0.3 is 19.9 Å². The number of alkyl halides is 3. The number of nitrogens with zero attached hydrogens (tertiary/aromatic N) is 4. The number of carbonyl (C=O) groups excluding carboxylic acids is 3. The van der Waals surface area contributed by atoms with Crippen LogP contribution in [0, 0.1) is 0 Å². The summed E-state index contributed by atoms with van der Waals surface area (Å²) in [4.78, 5) is 38.8. The van der Waals surface area contributed by atoms with Gasteiger partial charge in [0.2, 0.25) is 11.6 Å². The largest absolute Gasteiger partial charge is 0.452 e. The average molecular weight is 483 g/mol. The molecular weight excluding hydrogens is 467 g/mol.